The van der Waals surface area contributed by atoms with E-state index < -0.39 is 10.0 Å². The van der Waals surface area contributed by atoms with Crippen molar-refractivity contribution in [2.75, 3.05) is 19.7 Å². The van der Waals surface area contributed by atoms with Crippen molar-refractivity contribution in [1.82, 2.24) is 9.62 Å². The number of hydrogen-bond donors (Lipinski definition) is 1. The lowest BCUT2D eigenvalue weighted by Gasteiger charge is -2.38. The third-order valence-corrected chi connectivity index (χ3v) is 6.83. The first-order valence-corrected chi connectivity index (χ1v) is 8.95. The molecule has 1 heterocycles. The Morgan fingerprint density at radius 2 is 2.11 bits per heavy atom. The molecule has 0 radical (unpaired) electrons. The smallest absolute Gasteiger partial charge is 0.218 e. The lowest BCUT2D eigenvalue weighted by atomic mass is 10.2. The monoisotopic (exact) mass is 288 g/mol. The molecule has 0 amide bonds. The fraction of sp³-hybridized carbons (Fsp3) is 1.00. The van der Waals surface area contributed by atoms with E-state index in [1.54, 1.807) is 4.31 Å². The van der Waals surface area contributed by atoms with Crippen molar-refractivity contribution in [2.24, 2.45) is 0 Å². The quantitative estimate of drug-likeness (QED) is 0.809. The van der Waals surface area contributed by atoms with E-state index in [2.05, 4.69) is 5.32 Å². The highest BCUT2D eigenvalue weighted by Gasteiger charge is 2.43. The second kappa shape index (κ2) is 5.31. The normalized spacial score (nSPS) is 34.2. The maximum Gasteiger partial charge on any atom is 0.218 e. The molecule has 19 heavy (non-hydrogen) atoms. The van der Waals surface area contributed by atoms with Crippen LogP contribution in [0.5, 0.6) is 0 Å². The molecule has 3 aliphatic rings. The van der Waals surface area contributed by atoms with E-state index >= 15 is 0 Å². The molecule has 3 atom stereocenters. The highest BCUT2D eigenvalue weighted by Crippen LogP contribution is 2.32. The number of rotatable bonds is 5. The molecule has 6 heteroatoms. The summed E-state index contributed by atoms with van der Waals surface area (Å²) in [6.07, 6.45) is 5.55. The van der Waals surface area contributed by atoms with Crippen molar-refractivity contribution < 1.29 is 13.2 Å². The third-order valence-electron chi connectivity index (χ3n) is 4.54. The lowest BCUT2D eigenvalue weighted by Crippen LogP contribution is -2.54. The summed E-state index contributed by atoms with van der Waals surface area (Å²) in [5, 5.41) is 2.98. The molecule has 0 bridgehead atoms. The van der Waals surface area contributed by atoms with Crippen LogP contribution in [-0.4, -0.2) is 55.9 Å². The Balaban J connectivity index is 1.67. The third kappa shape index (κ3) is 2.82. The number of sulfonamides is 1. The van der Waals surface area contributed by atoms with E-state index in [1.165, 1.54) is 12.8 Å². The number of fused-ring (bicyclic) bond motifs is 1. The first kappa shape index (κ1) is 13.8. The summed E-state index contributed by atoms with van der Waals surface area (Å²) in [5.74, 6) is 0. The van der Waals surface area contributed by atoms with Crippen molar-refractivity contribution in [3.63, 3.8) is 0 Å². The molecule has 0 aromatic carbocycles. The Bertz CT molecular complexity index is 422. The Kier molecular flexibility index (Phi) is 3.86. The summed E-state index contributed by atoms with van der Waals surface area (Å²) in [7, 11) is -3.19. The summed E-state index contributed by atoms with van der Waals surface area (Å²) in [6, 6.07) is 0.642. The highest BCUT2D eigenvalue weighted by atomic mass is 32.2. The van der Waals surface area contributed by atoms with Gasteiger partial charge in [0.25, 0.3) is 0 Å². The van der Waals surface area contributed by atoms with Gasteiger partial charge in [0.05, 0.1) is 24.0 Å². The average Bonchev–Trinajstić information content (AvgIpc) is 3.10. The largest absolute Gasteiger partial charge is 0.375 e. The van der Waals surface area contributed by atoms with Crippen molar-refractivity contribution in [1.29, 1.82) is 0 Å². The van der Waals surface area contributed by atoms with E-state index in [0.29, 0.717) is 25.7 Å². The van der Waals surface area contributed by atoms with Gasteiger partial charge in [0.15, 0.2) is 0 Å². The fourth-order valence-electron chi connectivity index (χ4n) is 3.16. The van der Waals surface area contributed by atoms with Crippen molar-refractivity contribution >= 4 is 10.0 Å². The van der Waals surface area contributed by atoms with Gasteiger partial charge >= 0.3 is 0 Å². The molecule has 1 saturated heterocycles. The number of hydrogen-bond acceptors (Lipinski definition) is 4. The summed E-state index contributed by atoms with van der Waals surface area (Å²) < 4.78 is 32.8. The molecule has 0 spiro atoms. The van der Waals surface area contributed by atoms with Crippen LogP contribution in [-0.2, 0) is 14.8 Å². The number of nitrogens with zero attached hydrogens (tertiary/aromatic N) is 1. The van der Waals surface area contributed by atoms with Crippen molar-refractivity contribution in [3.8, 4) is 0 Å². The molecule has 0 aromatic rings. The fourth-order valence-corrected chi connectivity index (χ4v) is 4.88. The second-order valence-corrected chi connectivity index (χ2v) is 8.36. The van der Waals surface area contributed by atoms with Gasteiger partial charge in [-0.3, -0.25) is 0 Å². The summed E-state index contributed by atoms with van der Waals surface area (Å²) in [6.45, 7) is 3.46. The van der Waals surface area contributed by atoms with Gasteiger partial charge in [0, 0.05) is 19.1 Å². The van der Waals surface area contributed by atoms with Crippen LogP contribution in [0.15, 0.2) is 0 Å². The summed E-state index contributed by atoms with van der Waals surface area (Å²) >= 11 is 0. The van der Waals surface area contributed by atoms with Crippen LogP contribution in [0.25, 0.3) is 0 Å². The van der Waals surface area contributed by atoms with Gasteiger partial charge < -0.3 is 10.1 Å². The number of nitrogens with one attached hydrogen (secondary N) is 1. The van der Waals surface area contributed by atoms with Crippen LogP contribution >= 0.6 is 0 Å². The number of morpholine rings is 1. The molecule has 5 nitrogen and oxygen atoms in total. The van der Waals surface area contributed by atoms with Gasteiger partial charge in [-0.1, -0.05) is 0 Å². The Labute approximate surface area is 115 Å². The zero-order chi connectivity index (χ0) is 13.5. The van der Waals surface area contributed by atoms with Gasteiger partial charge in [-0.15, -0.1) is 0 Å². The van der Waals surface area contributed by atoms with Crippen LogP contribution in [0.1, 0.15) is 39.0 Å². The predicted molar refractivity (Wildman–Crippen MR) is 73.5 cm³/mol. The molecule has 110 valence electrons. The molecule has 2 aliphatic carbocycles. The maximum atomic E-state index is 12.7. The predicted octanol–water partition coefficient (Wildman–Crippen LogP) is 0.710. The second-order valence-electron chi connectivity index (χ2n) is 6.06. The topological polar surface area (TPSA) is 58.6 Å². The summed E-state index contributed by atoms with van der Waals surface area (Å²) in [4.78, 5) is 0. The van der Waals surface area contributed by atoms with Crippen molar-refractivity contribution in [3.05, 3.63) is 0 Å². The maximum absolute atomic E-state index is 12.7. The Hall–Kier alpha value is -0.170. The molecular formula is C13H24N2O3S. The molecule has 1 N–H and O–H groups in total. The van der Waals surface area contributed by atoms with Crippen molar-refractivity contribution in [2.45, 2.75) is 62.5 Å². The van der Waals surface area contributed by atoms with Gasteiger partial charge in [0.1, 0.15) is 0 Å². The number of ether oxygens (including phenoxy) is 1. The first-order valence-electron chi connectivity index (χ1n) is 7.44. The zero-order valence-electron chi connectivity index (χ0n) is 11.5. The Morgan fingerprint density at radius 1 is 1.32 bits per heavy atom. The summed E-state index contributed by atoms with van der Waals surface area (Å²) in [5.41, 5.74) is 0. The molecule has 3 rings (SSSR count). The average molecular weight is 288 g/mol. The van der Waals surface area contributed by atoms with E-state index in [9.17, 15) is 8.42 Å². The molecule has 3 fully saturated rings. The van der Waals surface area contributed by atoms with Gasteiger partial charge in [-0.25, -0.2) is 8.42 Å². The van der Waals surface area contributed by atoms with E-state index in [4.69, 9.17) is 4.74 Å². The van der Waals surface area contributed by atoms with Crippen LogP contribution in [0.4, 0.5) is 0 Å². The van der Waals surface area contributed by atoms with Gasteiger partial charge in [-0.05, 0) is 39.0 Å². The van der Waals surface area contributed by atoms with E-state index in [0.717, 1.165) is 19.3 Å². The zero-order valence-corrected chi connectivity index (χ0v) is 12.4. The standard InChI is InChI=1S/C13H24N2O3S/c1-10(9-14-11-5-6-11)19(16,17)15-7-8-18-13-4-2-3-12(13)15/h10-14H,2-9H2,1H3. The highest BCUT2D eigenvalue weighted by molar-refractivity contribution is 7.89. The molecule has 0 aromatic heterocycles. The minimum Gasteiger partial charge on any atom is -0.375 e. The lowest BCUT2D eigenvalue weighted by molar-refractivity contribution is -0.0244. The van der Waals surface area contributed by atoms with E-state index in [-0.39, 0.29) is 17.4 Å². The molecule has 1 aliphatic heterocycles. The van der Waals surface area contributed by atoms with Gasteiger partial charge in [-0.2, -0.15) is 4.31 Å². The SMILES string of the molecule is CC(CNC1CC1)S(=O)(=O)N1CCOC2CCCC21. The minimum atomic E-state index is -3.19. The molecular weight excluding hydrogens is 264 g/mol. The minimum absolute atomic E-state index is 0.0853. The molecule has 3 unspecified atom stereocenters. The van der Waals surface area contributed by atoms with Crippen LogP contribution in [0.2, 0.25) is 0 Å². The van der Waals surface area contributed by atoms with Gasteiger partial charge in [0.2, 0.25) is 10.0 Å². The van der Waals surface area contributed by atoms with Crippen LogP contribution in [0.3, 0.4) is 0 Å². The molecule has 2 saturated carbocycles. The van der Waals surface area contributed by atoms with E-state index in [1.807, 2.05) is 6.92 Å². The Morgan fingerprint density at radius 3 is 2.84 bits per heavy atom. The first-order chi connectivity index (χ1) is 9.09. The van der Waals surface area contributed by atoms with Crippen LogP contribution < -0.4 is 5.32 Å². The van der Waals surface area contributed by atoms with Crippen LogP contribution in [0, 0.1) is 0 Å².